The fourth-order valence-corrected chi connectivity index (χ4v) is 2.48. The molecule has 0 saturated carbocycles. The Hall–Kier alpha value is -3.15. The molecule has 4 N–H and O–H groups in total. The summed E-state index contributed by atoms with van der Waals surface area (Å²) < 4.78 is 10.4. The number of aliphatic carboxylic acids is 1. The second-order valence-electron chi connectivity index (χ2n) is 5.86. The molecule has 0 spiro atoms. The Labute approximate surface area is 190 Å². The summed E-state index contributed by atoms with van der Waals surface area (Å²) in [4.78, 5) is 36.0. The topological polar surface area (TPSA) is 140 Å². The van der Waals surface area contributed by atoms with Gasteiger partial charge < -0.3 is 25.7 Å². The molecule has 1 unspecified atom stereocenters. The zero-order valence-electron chi connectivity index (χ0n) is 16.1. The van der Waals surface area contributed by atoms with Crippen molar-refractivity contribution >= 4 is 47.9 Å². The van der Waals surface area contributed by atoms with Gasteiger partial charge in [-0.2, -0.15) is 5.10 Å². The predicted molar refractivity (Wildman–Crippen MR) is 121 cm³/mol. The molecule has 0 fully saturated rings. The largest absolute Gasteiger partial charge is 0.496 e. The number of Topliss-reactive ketones (excluding diaryl/α,β-unsaturated/α-hetero) is 1. The Morgan fingerprint density at radius 1 is 1.20 bits per heavy atom. The lowest BCUT2D eigenvalue weighted by Gasteiger charge is -2.14. The molecular weight excluding hydrogens is 505 g/mol. The molecule has 1 atom stereocenters. The Bertz CT molecular complexity index is 905. The molecule has 0 heterocycles. The first-order chi connectivity index (χ1) is 14.0. The Morgan fingerprint density at radius 2 is 1.90 bits per heavy atom. The van der Waals surface area contributed by atoms with Crippen LogP contribution < -0.4 is 20.6 Å². The number of amides is 1. The van der Waals surface area contributed by atoms with Gasteiger partial charge in [-0.3, -0.25) is 9.59 Å². The first-order valence-corrected chi connectivity index (χ1v) is 8.63. The molecule has 0 aliphatic carbocycles. The molecule has 0 bridgehead atoms. The number of carboxylic acids is 1. The van der Waals surface area contributed by atoms with Crippen molar-refractivity contribution in [3.63, 3.8) is 0 Å². The van der Waals surface area contributed by atoms with E-state index in [9.17, 15) is 19.5 Å². The number of benzene rings is 2. The number of para-hydroxylation sites is 1. The lowest BCUT2D eigenvalue weighted by atomic mass is 10.1. The first-order valence-electron chi connectivity index (χ1n) is 8.63. The normalized spacial score (nSPS) is 11.2. The minimum atomic E-state index is -1.65. The third kappa shape index (κ3) is 7.03. The number of carbonyl (C=O) groups excluding carboxylic acids is 2. The Balaban J connectivity index is 0.00000450. The SMILES string of the molecule is COc1cc(C=NN)ccc1C(=O)NCCC(=O)C(Oc1ccccc1)C(=O)O.I. The third-order valence-electron chi connectivity index (χ3n) is 3.86. The van der Waals surface area contributed by atoms with E-state index in [-0.39, 0.29) is 48.3 Å². The molecule has 9 nitrogen and oxygen atoms in total. The summed E-state index contributed by atoms with van der Waals surface area (Å²) in [5.74, 6) is 3.14. The standard InChI is InChI=1S/C20H21N3O6.HI/c1-28-17-11-13(12-23-21)7-8-15(17)19(25)22-10-9-16(24)18(20(26)27)29-14-5-3-2-4-6-14;/h2-8,11-12,18H,9-10,21H2,1H3,(H,22,25)(H,26,27);1H. The van der Waals surface area contributed by atoms with Gasteiger partial charge in [0.25, 0.3) is 12.0 Å². The smallest absolute Gasteiger partial charge is 0.352 e. The zero-order valence-corrected chi connectivity index (χ0v) is 18.4. The number of hydrogen-bond donors (Lipinski definition) is 3. The van der Waals surface area contributed by atoms with Crippen LogP contribution in [0.4, 0.5) is 0 Å². The molecule has 0 aliphatic rings. The molecular formula is C20H22IN3O6. The first kappa shape index (κ1) is 24.9. The molecule has 0 radical (unpaired) electrons. The van der Waals surface area contributed by atoms with E-state index in [4.69, 9.17) is 15.3 Å². The fourth-order valence-electron chi connectivity index (χ4n) is 2.48. The van der Waals surface area contributed by atoms with Crippen molar-refractivity contribution in [1.82, 2.24) is 5.32 Å². The van der Waals surface area contributed by atoms with Crippen LogP contribution in [-0.4, -0.2) is 48.7 Å². The number of halogens is 1. The van der Waals surface area contributed by atoms with Gasteiger partial charge in [-0.25, -0.2) is 4.79 Å². The van der Waals surface area contributed by atoms with Gasteiger partial charge in [-0.05, 0) is 29.8 Å². The van der Waals surface area contributed by atoms with Crippen LogP contribution in [0, 0.1) is 0 Å². The highest BCUT2D eigenvalue weighted by atomic mass is 127. The average Bonchev–Trinajstić information content (AvgIpc) is 2.72. The van der Waals surface area contributed by atoms with Gasteiger partial charge in [-0.1, -0.05) is 24.3 Å². The summed E-state index contributed by atoms with van der Waals surface area (Å²) in [6.45, 7) is -0.0608. The van der Waals surface area contributed by atoms with Crippen molar-refractivity contribution in [3.05, 3.63) is 59.7 Å². The maximum Gasteiger partial charge on any atom is 0.352 e. The Morgan fingerprint density at radius 3 is 2.50 bits per heavy atom. The molecule has 0 aliphatic heterocycles. The number of rotatable bonds is 10. The van der Waals surface area contributed by atoms with Crippen LogP contribution in [0.5, 0.6) is 11.5 Å². The van der Waals surface area contributed by atoms with Crippen molar-refractivity contribution in [1.29, 1.82) is 0 Å². The van der Waals surface area contributed by atoms with Crippen LogP contribution >= 0.6 is 24.0 Å². The number of ketones is 1. The summed E-state index contributed by atoms with van der Waals surface area (Å²) in [6, 6.07) is 12.9. The van der Waals surface area contributed by atoms with E-state index in [0.29, 0.717) is 11.3 Å². The van der Waals surface area contributed by atoms with Crippen LogP contribution in [0.15, 0.2) is 53.6 Å². The average molecular weight is 527 g/mol. The van der Waals surface area contributed by atoms with E-state index < -0.39 is 23.8 Å². The third-order valence-corrected chi connectivity index (χ3v) is 3.86. The van der Waals surface area contributed by atoms with Crippen LogP contribution in [0.3, 0.4) is 0 Å². The van der Waals surface area contributed by atoms with Gasteiger partial charge in [0.05, 0.1) is 18.9 Å². The van der Waals surface area contributed by atoms with Gasteiger partial charge in [0.2, 0.25) is 0 Å². The second kappa shape index (κ2) is 12.4. The van der Waals surface area contributed by atoms with Gasteiger partial charge in [-0.15, -0.1) is 24.0 Å². The van der Waals surface area contributed by atoms with Crippen molar-refractivity contribution in [3.8, 4) is 11.5 Å². The minimum absolute atomic E-state index is 0. The van der Waals surface area contributed by atoms with E-state index in [1.165, 1.54) is 19.4 Å². The number of nitrogens with one attached hydrogen (secondary N) is 1. The number of carbonyl (C=O) groups is 3. The summed E-state index contributed by atoms with van der Waals surface area (Å²) in [7, 11) is 1.41. The number of ether oxygens (including phenoxy) is 2. The molecule has 10 heteroatoms. The highest BCUT2D eigenvalue weighted by Gasteiger charge is 2.28. The van der Waals surface area contributed by atoms with Gasteiger partial charge >= 0.3 is 5.97 Å². The van der Waals surface area contributed by atoms with E-state index >= 15 is 0 Å². The molecule has 2 aromatic carbocycles. The zero-order chi connectivity index (χ0) is 21.2. The molecule has 2 rings (SSSR count). The second-order valence-corrected chi connectivity index (χ2v) is 5.86. The van der Waals surface area contributed by atoms with E-state index in [1.807, 2.05) is 0 Å². The summed E-state index contributed by atoms with van der Waals surface area (Å²) in [5.41, 5.74) is 0.905. The summed E-state index contributed by atoms with van der Waals surface area (Å²) in [6.07, 6.45) is -0.462. The number of carboxylic acid groups (broad SMARTS) is 1. The lowest BCUT2D eigenvalue weighted by Crippen LogP contribution is -2.38. The monoisotopic (exact) mass is 527 g/mol. The number of nitrogens with two attached hydrogens (primary N) is 1. The van der Waals surface area contributed by atoms with E-state index in [0.717, 1.165) is 0 Å². The Kier molecular flexibility index (Phi) is 10.3. The number of hydrogen-bond acceptors (Lipinski definition) is 7. The quantitative estimate of drug-likeness (QED) is 0.141. The molecule has 30 heavy (non-hydrogen) atoms. The highest BCUT2D eigenvalue weighted by Crippen LogP contribution is 2.19. The maximum absolute atomic E-state index is 12.4. The van der Waals surface area contributed by atoms with Crippen molar-refractivity contribution in [2.75, 3.05) is 13.7 Å². The number of nitrogens with zero attached hydrogens (tertiary/aromatic N) is 1. The van der Waals surface area contributed by atoms with Gasteiger partial charge in [0.1, 0.15) is 11.5 Å². The van der Waals surface area contributed by atoms with Crippen LogP contribution in [0.1, 0.15) is 22.3 Å². The molecule has 160 valence electrons. The predicted octanol–water partition coefficient (Wildman–Crippen LogP) is 1.83. The molecule has 1 amide bonds. The van der Waals surface area contributed by atoms with Crippen LogP contribution in [0.25, 0.3) is 0 Å². The number of methoxy groups -OCH3 is 1. The molecule has 0 aromatic heterocycles. The van der Waals surface area contributed by atoms with Gasteiger partial charge in [0, 0.05) is 13.0 Å². The highest BCUT2D eigenvalue weighted by molar-refractivity contribution is 14.0. The van der Waals surface area contributed by atoms with Crippen molar-refractivity contribution < 1.29 is 29.0 Å². The molecule has 2 aromatic rings. The van der Waals surface area contributed by atoms with Crippen molar-refractivity contribution in [2.24, 2.45) is 10.9 Å². The van der Waals surface area contributed by atoms with Crippen molar-refractivity contribution in [2.45, 2.75) is 12.5 Å². The lowest BCUT2D eigenvalue weighted by molar-refractivity contribution is -0.150. The number of hydrazone groups is 1. The summed E-state index contributed by atoms with van der Waals surface area (Å²) >= 11 is 0. The minimum Gasteiger partial charge on any atom is -0.496 e. The van der Waals surface area contributed by atoms with E-state index in [2.05, 4.69) is 10.4 Å². The van der Waals surface area contributed by atoms with E-state index in [1.54, 1.807) is 42.5 Å². The maximum atomic E-state index is 12.4. The van der Waals surface area contributed by atoms with Crippen LogP contribution in [-0.2, 0) is 9.59 Å². The van der Waals surface area contributed by atoms with Gasteiger partial charge in [0.15, 0.2) is 5.78 Å². The fraction of sp³-hybridized carbons (Fsp3) is 0.200. The molecule has 0 saturated heterocycles. The summed E-state index contributed by atoms with van der Waals surface area (Å²) in [5, 5.41) is 15.2. The van der Waals surface area contributed by atoms with Crippen LogP contribution in [0.2, 0.25) is 0 Å².